The van der Waals surface area contributed by atoms with Crippen LogP contribution in [0.25, 0.3) is 0 Å². The van der Waals surface area contributed by atoms with Gasteiger partial charge in [-0.15, -0.1) is 0 Å². The number of carboxylic acids is 1. The molecule has 2 rings (SSSR count). The molecule has 5 nitrogen and oxygen atoms in total. The first-order valence-corrected chi connectivity index (χ1v) is 7.23. The molecular formula is C14H24N2O3. The summed E-state index contributed by atoms with van der Waals surface area (Å²) in [7, 11) is 0. The predicted molar refractivity (Wildman–Crippen MR) is 71.9 cm³/mol. The van der Waals surface area contributed by atoms with Gasteiger partial charge in [-0.3, -0.25) is 4.79 Å². The molecule has 0 aromatic rings. The Labute approximate surface area is 114 Å². The number of rotatable bonds is 7. The van der Waals surface area contributed by atoms with E-state index < -0.39 is 5.97 Å². The third kappa shape index (κ3) is 3.61. The molecule has 108 valence electrons. The fraction of sp³-hybridized carbons (Fsp3) is 0.857. The van der Waals surface area contributed by atoms with Crippen molar-refractivity contribution in [1.29, 1.82) is 0 Å². The van der Waals surface area contributed by atoms with Crippen molar-refractivity contribution in [3.8, 4) is 0 Å². The second kappa shape index (κ2) is 5.39. The Balaban J connectivity index is 1.69. The fourth-order valence-electron chi connectivity index (χ4n) is 2.84. The highest BCUT2D eigenvalue weighted by molar-refractivity contribution is 5.74. The largest absolute Gasteiger partial charge is 0.481 e. The molecule has 0 spiro atoms. The summed E-state index contributed by atoms with van der Waals surface area (Å²) >= 11 is 0. The molecule has 0 heterocycles. The molecule has 0 unspecified atom stereocenters. The molecule has 3 N–H and O–H groups in total. The molecule has 0 atom stereocenters. The monoisotopic (exact) mass is 268 g/mol. The highest BCUT2D eigenvalue weighted by atomic mass is 16.4. The third-order valence-corrected chi connectivity index (χ3v) is 4.90. The lowest BCUT2D eigenvalue weighted by molar-refractivity contribution is -0.141. The summed E-state index contributed by atoms with van der Waals surface area (Å²) in [5.74, 6) is -0.773. The zero-order chi connectivity index (χ0) is 13.9. The molecule has 19 heavy (non-hydrogen) atoms. The van der Waals surface area contributed by atoms with E-state index in [0.29, 0.717) is 12.0 Å². The summed E-state index contributed by atoms with van der Waals surface area (Å²) in [6.07, 6.45) is 6.54. The smallest absolute Gasteiger partial charge is 0.314 e. The fourth-order valence-corrected chi connectivity index (χ4v) is 2.84. The van der Waals surface area contributed by atoms with Crippen LogP contribution >= 0.6 is 0 Å². The first kappa shape index (κ1) is 14.2. The second-order valence-electron chi connectivity index (χ2n) is 6.31. The van der Waals surface area contributed by atoms with Crippen molar-refractivity contribution in [3.63, 3.8) is 0 Å². The molecule has 0 aromatic heterocycles. The highest BCUT2D eigenvalue weighted by Crippen LogP contribution is 2.47. The van der Waals surface area contributed by atoms with Crippen molar-refractivity contribution >= 4 is 12.0 Å². The lowest BCUT2D eigenvalue weighted by Gasteiger charge is -2.40. The summed E-state index contributed by atoms with van der Waals surface area (Å²) in [4.78, 5) is 22.6. The maximum absolute atomic E-state index is 11.7. The standard InChI is InChI=1S/C14H24N2O3/c1-2-13(6-7-13)9-15-12(19)16-10-14(4-3-5-14)8-11(17)18/h2-10H2,1H3,(H,17,18)(H2,15,16,19). The summed E-state index contributed by atoms with van der Waals surface area (Å²) in [6.45, 7) is 3.37. The van der Waals surface area contributed by atoms with Crippen LogP contribution in [0.3, 0.4) is 0 Å². The average Bonchev–Trinajstić information content (AvgIpc) is 3.10. The van der Waals surface area contributed by atoms with Crippen LogP contribution in [0.5, 0.6) is 0 Å². The Kier molecular flexibility index (Phi) is 4.02. The van der Waals surface area contributed by atoms with Crippen molar-refractivity contribution in [2.45, 2.75) is 51.9 Å². The number of nitrogens with one attached hydrogen (secondary N) is 2. The van der Waals surface area contributed by atoms with E-state index >= 15 is 0 Å². The molecule has 2 aliphatic carbocycles. The molecule has 0 saturated heterocycles. The second-order valence-corrected chi connectivity index (χ2v) is 6.31. The first-order chi connectivity index (χ1) is 8.99. The van der Waals surface area contributed by atoms with E-state index in [9.17, 15) is 9.59 Å². The Hall–Kier alpha value is -1.26. The van der Waals surface area contributed by atoms with Crippen LogP contribution in [0, 0.1) is 10.8 Å². The van der Waals surface area contributed by atoms with Gasteiger partial charge in [0.2, 0.25) is 0 Å². The van der Waals surface area contributed by atoms with Crippen LogP contribution in [0.4, 0.5) is 4.79 Å². The Bertz CT molecular complexity index is 360. The third-order valence-electron chi connectivity index (χ3n) is 4.90. The lowest BCUT2D eigenvalue weighted by atomic mass is 9.66. The number of hydrogen-bond acceptors (Lipinski definition) is 2. The van der Waals surface area contributed by atoms with Gasteiger partial charge in [-0.2, -0.15) is 0 Å². The van der Waals surface area contributed by atoms with Crippen molar-refractivity contribution in [1.82, 2.24) is 10.6 Å². The van der Waals surface area contributed by atoms with Gasteiger partial charge in [0.15, 0.2) is 0 Å². The van der Waals surface area contributed by atoms with E-state index in [2.05, 4.69) is 17.6 Å². The van der Waals surface area contributed by atoms with E-state index in [1.54, 1.807) is 0 Å². The van der Waals surface area contributed by atoms with Crippen LogP contribution < -0.4 is 10.6 Å². The van der Waals surface area contributed by atoms with Gasteiger partial charge in [-0.05, 0) is 42.9 Å². The maximum atomic E-state index is 11.7. The van der Waals surface area contributed by atoms with Gasteiger partial charge >= 0.3 is 12.0 Å². The minimum absolute atomic E-state index is 0.156. The molecule has 0 radical (unpaired) electrons. The van der Waals surface area contributed by atoms with Gasteiger partial charge in [-0.1, -0.05) is 13.3 Å². The number of urea groups is 1. The maximum Gasteiger partial charge on any atom is 0.314 e. The first-order valence-electron chi connectivity index (χ1n) is 7.23. The average molecular weight is 268 g/mol. The number of carboxylic acid groups (broad SMARTS) is 1. The van der Waals surface area contributed by atoms with E-state index in [1.165, 1.54) is 12.8 Å². The number of carbonyl (C=O) groups is 2. The van der Waals surface area contributed by atoms with Crippen LogP contribution in [0.15, 0.2) is 0 Å². The molecule has 2 saturated carbocycles. The molecule has 0 aliphatic heterocycles. The van der Waals surface area contributed by atoms with Gasteiger partial charge < -0.3 is 15.7 Å². The normalized spacial score (nSPS) is 22.2. The summed E-state index contributed by atoms with van der Waals surface area (Å²) in [5.41, 5.74) is 0.137. The summed E-state index contributed by atoms with van der Waals surface area (Å²) < 4.78 is 0. The number of hydrogen-bond donors (Lipinski definition) is 3. The van der Waals surface area contributed by atoms with Gasteiger partial charge in [0.05, 0.1) is 6.42 Å². The van der Waals surface area contributed by atoms with E-state index in [0.717, 1.165) is 32.2 Å². The minimum Gasteiger partial charge on any atom is -0.481 e. The summed E-state index contributed by atoms with van der Waals surface area (Å²) in [6, 6.07) is -0.156. The van der Waals surface area contributed by atoms with Crippen molar-refractivity contribution in [2.75, 3.05) is 13.1 Å². The van der Waals surface area contributed by atoms with Gasteiger partial charge in [0.25, 0.3) is 0 Å². The quantitative estimate of drug-likeness (QED) is 0.661. The van der Waals surface area contributed by atoms with Crippen molar-refractivity contribution in [3.05, 3.63) is 0 Å². The molecule has 2 fully saturated rings. The van der Waals surface area contributed by atoms with Gasteiger partial charge in [-0.25, -0.2) is 4.79 Å². The Morgan fingerprint density at radius 3 is 2.00 bits per heavy atom. The molecule has 2 aliphatic rings. The van der Waals surface area contributed by atoms with E-state index in [-0.39, 0.29) is 17.9 Å². The van der Waals surface area contributed by atoms with Crippen molar-refractivity contribution < 1.29 is 14.7 Å². The van der Waals surface area contributed by atoms with E-state index in [1.807, 2.05) is 0 Å². The van der Waals surface area contributed by atoms with Gasteiger partial charge in [0, 0.05) is 13.1 Å². The van der Waals surface area contributed by atoms with Crippen molar-refractivity contribution in [2.24, 2.45) is 10.8 Å². The zero-order valence-electron chi connectivity index (χ0n) is 11.6. The Morgan fingerprint density at radius 1 is 1.05 bits per heavy atom. The SMILES string of the molecule is CCC1(CNC(=O)NCC2(CC(=O)O)CCC2)CC1. The van der Waals surface area contributed by atoms with Gasteiger partial charge in [0.1, 0.15) is 0 Å². The number of carbonyl (C=O) groups excluding carboxylic acids is 1. The number of amides is 2. The van der Waals surface area contributed by atoms with E-state index in [4.69, 9.17) is 5.11 Å². The zero-order valence-corrected chi connectivity index (χ0v) is 11.6. The number of aliphatic carboxylic acids is 1. The van der Waals surface area contributed by atoms with Crippen LogP contribution in [0.2, 0.25) is 0 Å². The topological polar surface area (TPSA) is 78.4 Å². The highest BCUT2D eigenvalue weighted by Gasteiger charge is 2.41. The molecule has 0 bridgehead atoms. The lowest BCUT2D eigenvalue weighted by Crippen LogP contribution is -2.47. The predicted octanol–water partition coefficient (Wildman–Crippen LogP) is 2.12. The van der Waals surface area contributed by atoms with Crippen LogP contribution in [-0.2, 0) is 4.79 Å². The Morgan fingerprint density at radius 2 is 1.63 bits per heavy atom. The van der Waals surface area contributed by atoms with Crippen LogP contribution in [-0.4, -0.2) is 30.2 Å². The summed E-state index contributed by atoms with van der Waals surface area (Å²) in [5, 5.41) is 14.7. The van der Waals surface area contributed by atoms with Crippen LogP contribution in [0.1, 0.15) is 51.9 Å². The minimum atomic E-state index is -0.773. The molecule has 2 amide bonds. The molecule has 5 heteroatoms. The molecular weight excluding hydrogens is 244 g/mol. The molecule has 0 aromatic carbocycles.